The molecule has 5 heteroatoms. The lowest BCUT2D eigenvalue weighted by molar-refractivity contribution is -0.155. The van der Waals surface area contributed by atoms with Crippen LogP contribution in [0.1, 0.15) is 11.1 Å². The summed E-state index contributed by atoms with van der Waals surface area (Å²) in [7, 11) is 0. The van der Waals surface area contributed by atoms with Crippen LogP contribution in [0.25, 0.3) is 0 Å². The van der Waals surface area contributed by atoms with Crippen LogP contribution < -0.4 is 0 Å². The fourth-order valence-electron chi connectivity index (χ4n) is 4.61. The Labute approximate surface area is 163 Å². The van der Waals surface area contributed by atoms with Crippen molar-refractivity contribution in [3.05, 3.63) is 83.9 Å². The lowest BCUT2D eigenvalue weighted by Crippen LogP contribution is -2.39. The van der Waals surface area contributed by atoms with E-state index in [9.17, 15) is 9.59 Å². The average Bonchev–Trinajstić information content (AvgIpc) is 3.36. The van der Waals surface area contributed by atoms with Gasteiger partial charge in [0.1, 0.15) is 18.1 Å². The lowest BCUT2D eigenvalue weighted by Gasteiger charge is -2.22. The number of benzene rings is 2. The van der Waals surface area contributed by atoms with Gasteiger partial charge in [-0.2, -0.15) is 0 Å². The summed E-state index contributed by atoms with van der Waals surface area (Å²) in [6, 6.07) is 19.4. The van der Waals surface area contributed by atoms with Crippen LogP contribution in [0, 0.1) is 11.8 Å². The second-order valence-corrected chi connectivity index (χ2v) is 7.67. The van der Waals surface area contributed by atoms with E-state index in [1.165, 1.54) is 0 Å². The van der Waals surface area contributed by atoms with Crippen LogP contribution in [-0.2, 0) is 32.2 Å². The van der Waals surface area contributed by atoms with E-state index in [1.54, 1.807) is 4.90 Å². The van der Waals surface area contributed by atoms with E-state index in [0.29, 0.717) is 13.1 Å². The Hall–Kier alpha value is -2.92. The highest BCUT2D eigenvalue weighted by Gasteiger charge is 2.67. The van der Waals surface area contributed by atoms with Crippen molar-refractivity contribution in [3.63, 3.8) is 0 Å². The van der Waals surface area contributed by atoms with Crippen molar-refractivity contribution in [2.45, 2.75) is 24.9 Å². The van der Waals surface area contributed by atoms with E-state index < -0.39 is 17.4 Å². The summed E-state index contributed by atoms with van der Waals surface area (Å²) in [5.74, 6) is -1.48. The van der Waals surface area contributed by atoms with E-state index in [1.807, 2.05) is 72.8 Å². The Morgan fingerprint density at radius 2 is 1.75 bits per heavy atom. The fourth-order valence-corrected chi connectivity index (χ4v) is 4.61. The molecule has 142 valence electrons. The van der Waals surface area contributed by atoms with Gasteiger partial charge in [-0.25, -0.2) is 0 Å². The van der Waals surface area contributed by atoms with E-state index in [-0.39, 0.29) is 24.6 Å². The minimum absolute atomic E-state index is 0.0302. The van der Waals surface area contributed by atoms with Crippen LogP contribution in [0.2, 0.25) is 0 Å². The molecule has 3 heterocycles. The highest BCUT2D eigenvalue weighted by Crippen LogP contribution is 2.52. The molecular formula is C23H21NO4. The van der Waals surface area contributed by atoms with Crippen molar-refractivity contribution in [2.24, 2.45) is 11.8 Å². The lowest BCUT2D eigenvalue weighted by atomic mass is 9.77. The highest BCUT2D eigenvalue weighted by molar-refractivity contribution is 5.91. The molecular weight excluding hydrogens is 354 g/mol. The molecule has 5 rings (SSSR count). The van der Waals surface area contributed by atoms with Crippen molar-refractivity contribution < 1.29 is 19.1 Å². The Kier molecular flexibility index (Phi) is 4.05. The number of ether oxygens (including phenoxy) is 2. The third kappa shape index (κ3) is 2.74. The molecule has 1 spiro atoms. The molecule has 0 aromatic heterocycles. The Morgan fingerprint density at radius 1 is 1.07 bits per heavy atom. The number of nitrogens with zero attached hydrogens (tertiary/aromatic N) is 1. The molecule has 0 radical (unpaired) electrons. The summed E-state index contributed by atoms with van der Waals surface area (Å²) >= 11 is 0. The topological polar surface area (TPSA) is 55.8 Å². The fraction of sp³-hybridized carbons (Fsp3) is 0.304. The van der Waals surface area contributed by atoms with E-state index >= 15 is 0 Å². The normalized spacial score (nSPS) is 29.9. The molecule has 2 aromatic rings. The van der Waals surface area contributed by atoms with E-state index in [4.69, 9.17) is 9.47 Å². The summed E-state index contributed by atoms with van der Waals surface area (Å²) in [6.45, 7) is 1.20. The van der Waals surface area contributed by atoms with Crippen molar-refractivity contribution >= 4 is 11.9 Å². The molecule has 2 bridgehead atoms. The first-order valence-electron chi connectivity index (χ1n) is 9.57. The van der Waals surface area contributed by atoms with Gasteiger partial charge >= 0.3 is 5.97 Å². The number of rotatable bonds is 5. The van der Waals surface area contributed by atoms with Crippen LogP contribution in [0.5, 0.6) is 0 Å². The van der Waals surface area contributed by atoms with Crippen LogP contribution in [0.4, 0.5) is 0 Å². The maximum absolute atomic E-state index is 13.2. The van der Waals surface area contributed by atoms with Gasteiger partial charge < -0.3 is 14.4 Å². The van der Waals surface area contributed by atoms with Gasteiger partial charge in [0.2, 0.25) is 5.91 Å². The van der Waals surface area contributed by atoms with Gasteiger partial charge in [0.15, 0.2) is 0 Å². The molecule has 3 aliphatic rings. The van der Waals surface area contributed by atoms with Gasteiger partial charge in [-0.05, 0) is 11.1 Å². The first-order valence-corrected chi connectivity index (χ1v) is 9.57. The Bertz CT molecular complexity index is 926. The van der Waals surface area contributed by atoms with E-state index in [0.717, 1.165) is 11.1 Å². The van der Waals surface area contributed by atoms with Gasteiger partial charge in [-0.3, -0.25) is 9.59 Å². The van der Waals surface area contributed by atoms with Crippen LogP contribution in [0.15, 0.2) is 72.8 Å². The van der Waals surface area contributed by atoms with Gasteiger partial charge in [0, 0.05) is 6.54 Å². The van der Waals surface area contributed by atoms with Crippen molar-refractivity contribution in [2.75, 3.05) is 6.54 Å². The van der Waals surface area contributed by atoms with Gasteiger partial charge in [-0.15, -0.1) is 0 Å². The molecule has 3 aliphatic heterocycles. The second kappa shape index (κ2) is 6.60. The van der Waals surface area contributed by atoms with Crippen molar-refractivity contribution in [3.8, 4) is 0 Å². The molecule has 2 fully saturated rings. The minimum atomic E-state index is -0.701. The average molecular weight is 375 g/mol. The maximum atomic E-state index is 13.2. The van der Waals surface area contributed by atoms with Crippen LogP contribution >= 0.6 is 0 Å². The highest BCUT2D eigenvalue weighted by atomic mass is 16.6. The molecule has 4 atom stereocenters. The zero-order chi connectivity index (χ0) is 19.1. The quantitative estimate of drug-likeness (QED) is 0.596. The van der Waals surface area contributed by atoms with Crippen LogP contribution in [0.3, 0.4) is 0 Å². The number of carbonyl (C=O) groups excluding carboxylic acids is 2. The molecule has 0 saturated carbocycles. The molecule has 28 heavy (non-hydrogen) atoms. The monoisotopic (exact) mass is 375 g/mol. The second-order valence-electron chi connectivity index (χ2n) is 7.67. The third-order valence-electron chi connectivity index (χ3n) is 5.89. The number of hydrogen-bond acceptors (Lipinski definition) is 4. The third-order valence-corrected chi connectivity index (χ3v) is 5.89. The molecule has 2 aromatic carbocycles. The van der Waals surface area contributed by atoms with Gasteiger partial charge in [-0.1, -0.05) is 72.8 Å². The minimum Gasteiger partial charge on any atom is -0.460 e. The van der Waals surface area contributed by atoms with E-state index in [2.05, 4.69) is 0 Å². The van der Waals surface area contributed by atoms with Gasteiger partial charge in [0.25, 0.3) is 0 Å². The van der Waals surface area contributed by atoms with Crippen LogP contribution in [-0.4, -0.2) is 35.0 Å². The summed E-state index contributed by atoms with van der Waals surface area (Å²) < 4.78 is 11.7. The summed E-state index contributed by atoms with van der Waals surface area (Å²) in [4.78, 5) is 27.8. The maximum Gasteiger partial charge on any atom is 0.313 e. The molecule has 1 amide bonds. The summed E-state index contributed by atoms with van der Waals surface area (Å²) in [6.07, 6.45) is 3.49. The Morgan fingerprint density at radius 3 is 2.46 bits per heavy atom. The summed E-state index contributed by atoms with van der Waals surface area (Å²) in [5.41, 5.74) is 1.29. The standard InChI is InChI=1S/C23H21NO4/c25-21-20-19(22(26)27-14-17-9-5-2-6-10-17)18-11-12-23(20,28-18)15-24(21)13-16-7-3-1-4-8-16/h1-12,18-20H,13-15H2. The smallest absolute Gasteiger partial charge is 0.313 e. The van der Waals surface area contributed by atoms with Crippen molar-refractivity contribution in [1.29, 1.82) is 0 Å². The number of carbonyl (C=O) groups is 2. The molecule has 5 nitrogen and oxygen atoms in total. The Balaban J connectivity index is 1.33. The largest absolute Gasteiger partial charge is 0.460 e. The number of fused-ring (bicyclic) bond motifs is 1. The van der Waals surface area contributed by atoms with Crippen molar-refractivity contribution in [1.82, 2.24) is 4.90 Å². The predicted molar refractivity (Wildman–Crippen MR) is 102 cm³/mol. The predicted octanol–water partition coefficient (Wildman–Crippen LogP) is 2.71. The summed E-state index contributed by atoms with van der Waals surface area (Å²) in [5, 5.41) is 0. The number of hydrogen-bond donors (Lipinski definition) is 0. The number of likely N-dealkylation sites (tertiary alicyclic amines) is 1. The first kappa shape index (κ1) is 17.2. The van der Waals surface area contributed by atoms with Gasteiger partial charge in [0.05, 0.1) is 18.6 Å². The molecule has 4 unspecified atom stereocenters. The molecule has 0 aliphatic carbocycles. The SMILES string of the molecule is O=C(OCc1ccccc1)C1C2C=CC3(CN(Cc4ccccc4)C(=O)C13)O2. The zero-order valence-electron chi connectivity index (χ0n) is 15.4. The number of esters is 1. The molecule has 0 N–H and O–H groups in total. The molecule has 2 saturated heterocycles. The zero-order valence-corrected chi connectivity index (χ0v) is 15.4. The first-order chi connectivity index (χ1) is 13.7. The number of amides is 1.